The zero-order valence-electron chi connectivity index (χ0n) is 14.7. The summed E-state index contributed by atoms with van der Waals surface area (Å²) in [5.74, 6) is -1.35. The normalized spacial score (nSPS) is 12.6. The SMILES string of the molecule is CC(OSc1ncccc1[N+](=O)[O-])C(NC(=O)OCc1ccccc1)C(=O)O. The van der Waals surface area contributed by atoms with Crippen LogP contribution in [0.3, 0.4) is 0 Å². The van der Waals surface area contributed by atoms with Gasteiger partial charge in [0.25, 0.3) is 0 Å². The maximum absolute atomic E-state index is 11.9. The van der Waals surface area contributed by atoms with Gasteiger partial charge in [-0.3, -0.25) is 10.1 Å². The number of hydrogen-bond acceptors (Lipinski definition) is 8. The predicted octanol–water partition coefficient (Wildman–Crippen LogP) is 2.78. The van der Waals surface area contributed by atoms with Crippen LogP contribution in [0.1, 0.15) is 12.5 Å². The fourth-order valence-corrected chi connectivity index (χ4v) is 2.72. The third-order valence-corrected chi connectivity index (χ3v) is 4.32. The first kappa shape index (κ1) is 21.1. The van der Waals surface area contributed by atoms with Crippen LogP contribution < -0.4 is 5.32 Å². The van der Waals surface area contributed by atoms with E-state index in [-0.39, 0.29) is 17.3 Å². The molecular formula is C17H17N3O7S. The Hall–Kier alpha value is -3.18. The number of pyridine rings is 1. The molecule has 1 amide bonds. The van der Waals surface area contributed by atoms with E-state index in [0.717, 1.165) is 5.56 Å². The molecule has 0 fully saturated rings. The summed E-state index contributed by atoms with van der Waals surface area (Å²) in [6.45, 7) is 1.38. The first-order chi connectivity index (χ1) is 13.4. The largest absolute Gasteiger partial charge is 0.480 e. The molecule has 28 heavy (non-hydrogen) atoms. The van der Waals surface area contributed by atoms with E-state index in [9.17, 15) is 24.8 Å². The number of nitrogens with one attached hydrogen (secondary N) is 1. The molecule has 0 saturated heterocycles. The van der Waals surface area contributed by atoms with Crippen molar-refractivity contribution in [1.29, 1.82) is 0 Å². The Labute approximate surface area is 164 Å². The Morgan fingerprint density at radius 2 is 2.00 bits per heavy atom. The highest BCUT2D eigenvalue weighted by atomic mass is 32.2. The van der Waals surface area contributed by atoms with Gasteiger partial charge in [-0.25, -0.2) is 14.6 Å². The molecule has 0 saturated carbocycles. The van der Waals surface area contributed by atoms with Crippen molar-refractivity contribution in [3.63, 3.8) is 0 Å². The van der Waals surface area contributed by atoms with Crippen molar-refractivity contribution in [1.82, 2.24) is 10.3 Å². The third kappa shape index (κ3) is 6.21. The van der Waals surface area contributed by atoms with Crippen LogP contribution in [-0.4, -0.2) is 39.2 Å². The third-order valence-electron chi connectivity index (χ3n) is 3.45. The van der Waals surface area contributed by atoms with E-state index in [1.165, 1.54) is 25.3 Å². The summed E-state index contributed by atoms with van der Waals surface area (Å²) in [5.41, 5.74) is 0.466. The minimum Gasteiger partial charge on any atom is -0.480 e. The molecule has 1 aromatic carbocycles. The van der Waals surface area contributed by atoms with E-state index in [1.807, 2.05) is 6.07 Å². The van der Waals surface area contributed by atoms with Gasteiger partial charge in [-0.1, -0.05) is 30.3 Å². The van der Waals surface area contributed by atoms with Crippen molar-refractivity contribution < 1.29 is 28.5 Å². The predicted molar refractivity (Wildman–Crippen MR) is 98.5 cm³/mol. The van der Waals surface area contributed by atoms with Crippen molar-refractivity contribution in [3.8, 4) is 0 Å². The lowest BCUT2D eigenvalue weighted by Crippen LogP contribution is -2.48. The smallest absolute Gasteiger partial charge is 0.408 e. The number of benzene rings is 1. The average molecular weight is 407 g/mol. The second-order valence-corrected chi connectivity index (χ2v) is 6.24. The number of hydrogen-bond donors (Lipinski definition) is 2. The molecule has 0 radical (unpaired) electrons. The maximum atomic E-state index is 11.9. The number of nitrogens with zero attached hydrogens (tertiary/aromatic N) is 2. The molecule has 2 aromatic rings. The highest BCUT2D eigenvalue weighted by molar-refractivity contribution is 7.94. The highest BCUT2D eigenvalue weighted by Crippen LogP contribution is 2.28. The number of carboxylic acid groups (broad SMARTS) is 1. The standard InChI is InChI=1S/C17H17N3O7S/c1-11(27-28-15-13(20(24)25)8-5-9-18-15)14(16(21)22)19-17(23)26-10-12-6-3-2-4-7-12/h2-9,11,14H,10H2,1H3,(H,19,23)(H,21,22). The van der Waals surface area contributed by atoms with Gasteiger partial charge in [-0.05, 0) is 18.6 Å². The molecule has 0 aliphatic rings. The van der Waals surface area contributed by atoms with Gasteiger partial charge in [0.15, 0.2) is 6.04 Å². The number of aromatic nitrogens is 1. The van der Waals surface area contributed by atoms with E-state index in [1.54, 1.807) is 24.3 Å². The number of aliphatic carboxylic acids is 1. The number of carbonyl (C=O) groups is 2. The second kappa shape index (κ2) is 10.2. The molecule has 1 aromatic heterocycles. The molecule has 0 bridgehead atoms. The molecule has 148 valence electrons. The number of carboxylic acids is 1. The van der Waals surface area contributed by atoms with Gasteiger partial charge in [0, 0.05) is 12.3 Å². The van der Waals surface area contributed by atoms with Gasteiger partial charge in [-0.2, -0.15) is 0 Å². The second-order valence-electron chi connectivity index (χ2n) is 5.49. The lowest BCUT2D eigenvalue weighted by Gasteiger charge is -2.20. The van der Waals surface area contributed by atoms with Gasteiger partial charge in [0.05, 0.1) is 17.0 Å². The van der Waals surface area contributed by atoms with Crippen molar-refractivity contribution in [2.75, 3.05) is 0 Å². The summed E-state index contributed by atoms with van der Waals surface area (Å²) < 4.78 is 10.3. The Morgan fingerprint density at radius 1 is 1.29 bits per heavy atom. The van der Waals surface area contributed by atoms with Gasteiger partial charge >= 0.3 is 17.7 Å². The molecule has 0 aliphatic carbocycles. The molecule has 2 unspecified atom stereocenters. The summed E-state index contributed by atoms with van der Waals surface area (Å²) in [7, 11) is 0. The molecule has 0 aliphatic heterocycles. The maximum Gasteiger partial charge on any atom is 0.408 e. The Morgan fingerprint density at radius 3 is 2.64 bits per heavy atom. The van der Waals surface area contributed by atoms with Crippen molar-refractivity contribution >= 4 is 29.8 Å². The minimum absolute atomic E-state index is 0.0247. The van der Waals surface area contributed by atoms with Crippen LogP contribution in [0.15, 0.2) is 53.7 Å². The fourth-order valence-electron chi connectivity index (χ4n) is 2.03. The minimum atomic E-state index is -1.43. The topological polar surface area (TPSA) is 141 Å². The number of rotatable bonds is 9. The van der Waals surface area contributed by atoms with Gasteiger partial charge in [0.1, 0.15) is 12.7 Å². The summed E-state index contributed by atoms with van der Waals surface area (Å²) in [4.78, 5) is 37.5. The Balaban J connectivity index is 1.92. The number of nitro groups is 1. The highest BCUT2D eigenvalue weighted by Gasteiger charge is 2.29. The van der Waals surface area contributed by atoms with Gasteiger partial charge < -0.3 is 19.3 Å². The summed E-state index contributed by atoms with van der Waals surface area (Å²) in [6, 6.07) is 10.1. The quantitative estimate of drug-likeness (QED) is 0.364. The van der Waals surface area contributed by atoms with Crippen molar-refractivity contribution in [2.24, 2.45) is 0 Å². The summed E-state index contributed by atoms with van der Waals surface area (Å²) >= 11 is 0.558. The molecular weight excluding hydrogens is 390 g/mol. The first-order valence-corrected chi connectivity index (χ1v) is 8.75. The number of ether oxygens (including phenoxy) is 1. The van der Waals surface area contributed by atoms with Gasteiger partial charge in [-0.15, -0.1) is 0 Å². The number of alkyl carbamates (subject to hydrolysis) is 1. The van der Waals surface area contributed by atoms with Crippen LogP contribution in [0.5, 0.6) is 0 Å². The van der Waals surface area contributed by atoms with E-state index in [2.05, 4.69) is 10.3 Å². The van der Waals surface area contributed by atoms with Crippen LogP contribution in [0, 0.1) is 10.1 Å². The van der Waals surface area contributed by atoms with E-state index in [0.29, 0.717) is 12.0 Å². The van der Waals surface area contributed by atoms with Crippen LogP contribution in [0.25, 0.3) is 0 Å². The van der Waals surface area contributed by atoms with E-state index in [4.69, 9.17) is 8.92 Å². The lowest BCUT2D eigenvalue weighted by molar-refractivity contribution is -0.388. The lowest BCUT2D eigenvalue weighted by atomic mass is 10.2. The molecule has 0 spiro atoms. The van der Waals surface area contributed by atoms with Crippen LogP contribution >= 0.6 is 12.0 Å². The Bertz CT molecular complexity index is 835. The van der Waals surface area contributed by atoms with Crippen LogP contribution in [-0.2, 0) is 20.3 Å². The molecule has 1 heterocycles. The van der Waals surface area contributed by atoms with Crippen LogP contribution in [0.4, 0.5) is 10.5 Å². The van der Waals surface area contributed by atoms with Crippen LogP contribution in [0.2, 0.25) is 0 Å². The first-order valence-electron chi connectivity index (χ1n) is 8.01. The average Bonchev–Trinajstić information content (AvgIpc) is 2.69. The Kier molecular flexibility index (Phi) is 7.72. The zero-order valence-corrected chi connectivity index (χ0v) is 15.5. The number of amides is 1. The monoisotopic (exact) mass is 407 g/mol. The molecule has 10 nitrogen and oxygen atoms in total. The number of carbonyl (C=O) groups excluding carboxylic acids is 1. The van der Waals surface area contributed by atoms with Gasteiger partial charge in [0.2, 0.25) is 5.03 Å². The van der Waals surface area contributed by atoms with Crippen molar-refractivity contribution in [2.45, 2.75) is 30.7 Å². The van der Waals surface area contributed by atoms with Crippen molar-refractivity contribution in [3.05, 3.63) is 64.3 Å². The molecule has 2 N–H and O–H groups in total. The zero-order chi connectivity index (χ0) is 20.5. The fraction of sp³-hybridized carbons (Fsp3) is 0.235. The molecule has 2 rings (SSSR count). The van der Waals surface area contributed by atoms with E-state index < -0.39 is 29.1 Å². The molecule has 11 heteroatoms. The summed E-state index contributed by atoms with van der Waals surface area (Å²) in [6.07, 6.45) is -0.619. The molecule has 2 atom stereocenters. The summed E-state index contributed by atoms with van der Waals surface area (Å²) in [5, 5.41) is 22.5. The van der Waals surface area contributed by atoms with E-state index >= 15 is 0 Å².